The van der Waals surface area contributed by atoms with Gasteiger partial charge >= 0.3 is 0 Å². The van der Waals surface area contributed by atoms with E-state index in [1.807, 2.05) is 17.9 Å². The maximum Gasteiger partial charge on any atom is 0.246 e. The van der Waals surface area contributed by atoms with E-state index in [0.717, 1.165) is 63.2 Å². The van der Waals surface area contributed by atoms with Gasteiger partial charge in [-0.1, -0.05) is 0 Å². The lowest BCUT2D eigenvalue weighted by atomic mass is 10.0. The summed E-state index contributed by atoms with van der Waals surface area (Å²) in [7, 11) is 0. The Morgan fingerprint density at radius 2 is 1.75 bits per heavy atom. The normalized spacial score (nSPS) is 17.4. The van der Waals surface area contributed by atoms with Crippen molar-refractivity contribution < 1.29 is 17.9 Å². The molecule has 0 bridgehead atoms. The van der Waals surface area contributed by atoms with Crippen molar-refractivity contribution in [3.05, 3.63) is 53.3 Å². The molecule has 2 fully saturated rings. The van der Waals surface area contributed by atoms with E-state index in [2.05, 4.69) is 25.4 Å². The molecule has 0 atom stereocenters. The summed E-state index contributed by atoms with van der Waals surface area (Å²) in [4.78, 5) is 8.61. The van der Waals surface area contributed by atoms with E-state index in [0.29, 0.717) is 11.7 Å². The van der Waals surface area contributed by atoms with Gasteiger partial charge in [-0.15, -0.1) is 5.10 Å². The smallest absolute Gasteiger partial charge is 0.246 e. The topological polar surface area (TPSA) is 69.3 Å². The van der Waals surface area contributed by atoms with Crippen LogP contribution >= 0.6 is 0 Å². The first-order valence-electron chi connectivity index (χ1n) is 10.5. The first-order chi connectivity index (χ1) is 15.5. The van der Waals surface area contributed by atoms with Crippen molar-refractivity contribution in [2.75, 3.05) is 49.6 Å². The lowest BCUT2D eigenvalue weighted by Crippen LogP contribution is -2.61. The molecule has 10 heteroatoms. The van der Waals surface area contributed by atoms with Gasteiger partial charge in [0.25, 0.3) is 0 Å². The van der Waals surface area contributed by atoms with Crippen LogP contribution < -0.4 is 10.2 Å². The summed E-state index contributed by atoms with van der Waals surface area (Å²) in [6, 6.07) is 6.98. The molecule has 5 rings (SSSR count). The van der Waals surface area contributed by atoms with Gasteiger partial charge in [-0.3, -0.25) is 10.00 Å². The molecule has 0 unspecified atom stereocenters. The van der Waals surface area contributed by atoms with E-state index in [4.69, 9.17) is 4.74 Å². The predicted molar refractivity (Wildman–Crippen MR) is 115 cm³/mol. The zero-order valence-electron chi connectivity index (χ0n) is 17.5. The molecule has 2 aliphatic rings. The van der Waals surface area contributed by atoms with Crippen molar-refractivity contribution in [3.63, 3.8) is 0 Å². The minimum atomic E-state index is -0.717. The van der Waals surface area contributed by atoms with Crippen LogP contribution in [-0.4, -0.2) is 65.5 Å². The fraction of sp³-hybridized carbons (Fsp3) is 0.364. The Balaban J connectivity index is 1.32. The minimum Gasteiger partial charge on any atom is -0.379 e. The highest BCUT2D eigenvalue weighted by Gasteiger charge is 2.34. The average Bonchev–Trinajstić information content (AvgIpc) is 3.19. The summed E-state index contributed by atoms with van der Waals surface area (Å²) < 4.78 is 47.7. The number of aromatic nitrogens is 3. The zero-order chi connectivity index (χ0) is 22.2. The summed E-state index contributed by atoms with van der Waals surface area (Å²) >= 11 is 0. The highest BCUT2D eigenvalue weighted by atomic mass is 19.1. The van der Waals surface area contributed by atoms with Gasteiger partial charge in [0.05, 0.1) is 24.6 Å². The molecule has 2 saturated heterocycles. The first-order valence-corrected chi connectivity index (χ1v) is 10.5. The van der Waals surface area contributed by atoms with Gasteiger partial charge in [0.2, 0.25) is 5.95 Å². The first kappa shape index (κ1) is 20.8. The number of H-pyrrole nitrogens is 1. The molecule has 3 heterocycles. The van der Waals surface area contributed by atoms with Crippen LogP contribution in [0.3, 0.4) is 0 Å². The highest BCUT2D eigenvalue weighted by Crippen LogP contribution is 2.33. The van der Waals surface area contributed by atoms with Crippen LogP contribution in [0.5, 0.6) is 0 Å². The molecule has 2 aromatic carbocycles. The van der Waals surface area contributed by atoms with Crippen molar-refractivity contribution in [3.8, 4) is 11.4 Å². The monoisotopic (exact) mass is 444 g/mol. The summed E-state index contributed by atoms with van der Waals surface area (Å²) in [6.07, 6.45) is 0. The molecular weight excluding hydrogens is 421 g/mol. The third-order valence-electron chi connectivity index (χ3n) is 5.83. The van der Waals surface area contributed by atoms with Crippen molar-refractivity contribution in [2.45, 2.75) is 13.0 Å². The van der Waals surface area contributed by atoms with Crippen LogP contribution in [0, 0.1) is 24.4 Å². The Bertz CT molecular complexity index is 1100. The molecule has 0 radical (unpaired) electrons. The number of ether oxygens (including phenoxy) is 1. The third kappa shape index (κ3) is 4.15. The van der Waals surface area contributed by atoms with Gasteiger partial charge in [-0.05, 0) is 36.8 Å². The summed E-state index contributed by atoms with van der Waals surface area (Å²) in [6.45, 7) is 6.71. The third-order valence-corrected chi connectivity index (χ3v) is 5.83. The molecule has 0 saturated carbocycles. The number of nitrogens with one attached hydrogen (secondary N) is 2. The molecule has 32 heavy (non-hydrogen) atoms. The van der Waals surface area contributed by atoms with Crippen LogP contribution in [-0.2, 0) is 4.74 Å². The second-order valence-corrected chi connectivity index (χ2v) is 8.14. The number of nitrogens with zero attached hydrogens (tertiary/aromatic N) is 4. The number of benzene rings is 2. The van der Waals surface area contributed by atoms with Crippen LogP contribution in [0.15, 0.2) is 30.3 Å². The highest BCUT2D eigenvalue weighted by molar-refractivity contribution is 5.67. The lowest BCUT2D eigenvalue weighted by molar-refractivity contribution is 0.0104. The number of rotatable bonds is 5. The van der Waals surface area contributed by atoms with Gasteiger partial charge in [-0.25, -0.2) is 13.2 Å². The molecule has 0 amide bonds. The Kier molecular flexibility index (Phi) is 5.48. The number of hydrogen-bond acceptors (Lipinski definition) is 6. The second-order valence-electron chi connectivity index (χ2n) is 8.14. The number of anilines is 3. The molecule has 0 spiro atoms. The Morgan fingerprint density at radius 1 is 1.03 bits per heavy atom. The molecular formula is C22H23F3N6O. The van der Waals surface area contributed by atoms with Crippen molar-refractivity contribution in [1.82, 2.24) is 20.1 Å². The van der Waals surface area contributed by atoms with Gasteiger partial charge in [0, 0.05) is 43.9 Å². The van der Waals surface area contributed by atoms with Gasteiger partial charge in [0.1, 0.15) is 11.6 Å². The molecule has 1 aromatic heterocycles. The van der Waals surface area contributed by atoms with E-state index in [9.17, 15) is 8.78 Å². The fourth-order valence-corrected chi connectivity index (χ4v) is 4.15. The molecule has 2 aliphatic heterocycles. The van der Waals surface area contributed by atoms with Gasteiger partial charge < -0.3 is 15.0 Å². The van der Waals surface area contributed by atoms with Gasteiger partial charge in [-0.2, -0.15) is 4.98 Å². The predicted octanol–water partition coefficient (Wildman–Crippen LogP) is 3.46. The Labute approximate surface area is 183 Å². The van der Waals surface area contributed by atoms with Crippen LogP contribution in [0.1, 0.15) is 5.56 Å². The van der Waals surface area contributed by atoms with E-state index in [1.165, 1.54) is 0 Å². The number of halogens is 3. The number of aromatic amines is 1. The minimum absolute atomic E-state index is 0.106. The van der Waals surface area contributed by atoms with Crippen LogP contribution in [0.25, 0.3) is 11.4 Å². The molecule has 7 nitrogen and oxygen atoms in total. The molecule has 2 N–H and O–H groups in total. The maximum absolute atomic E-state index is 15.3. The van der Waals surface area contributed by atoms with E-state index in [-0.39, 0.29) is 28.8 Å². The number of hydrogen-bond donors (Lipinski definition) is 2. The van der Waals surface area contributed by atoms with Crippen LogP contribution in [0.2, 0.25) is 0 Å². The van der Waals surface area contributed by atoms with Crippen molar-refractivity contribution in [2.24, 2.45) is 0 Å². The Hall–Kier alpha value is -3.11. The molecule has 0 aliphatic carbocycles. The van der Waals surface area contributed by atoms with Crippen molar-refractivity contribution in [1.29, 1.82) is 0 Å². The van der Waals surface area contributed by atoms with E-state index < -0.39 is 11.6 Å². The quantitative estimate of drug-likeness (QED) is 0.628. The summed E-state index contributed by atoms with van der Waals surface area (Å²) in [5.74, 6) is -1.54. The summed E-state index contributed by atoms with van der Waals surface area (Å²) in [5, 5.41) is 9.52. The number of morpholine rings is 1. The largest absolute Gasteiger partial charge is 0.379 e. The average molecular weight is 444 g/mol. The van der Waals surface area contributed by atoms with Gasteiger partial charge in [0.15, 0.2) is 11.6 Å². The fourth-order valence-electron chi connectivity index (χ4n) is 4.15. The van der Waals surface area contributed by atoms with Crippen molar-refractivity contribution >= 4 is 17.3 Å². The Morgan fingerprint density at radius 3 is 2.47 bits per heavy atom. The van der Waals surface area contributed by atoms with E-state index in [1.54, 1.807) is 6.07 Å². The standard InChI is InChI=1S/C22H23F3N6O/c1-13-6-18(26-22-27-21(28-29-22)14-8-15(23)10-16(24)9-14)20(25)19(7-13)31-11-17(12-31)30-2-4-32-5-3-30/h6-10,17H,2-5,11-12H2,1H3,(H2,26,27,28,29). The second kappa shape index (κ2) is 8.44. The summed E-state index contributed by atoms with van der Waals surface area (Å²) in [5.41, 5.74) is 1.87. The lowest BCUT2D eigenvalue weighted by Gasteiger charge is -2.47. The van der Waals surface area contributed by atoms with E-state index >= 15 is 4.39 Å². The SMILES string of the molecule is Cc1cc(Nc2n[nH]c(-c3cc(F)cc(F)c3)n2)c(F)c(N2CC(N3CCOCC3)C2)c1. The molecule has 3 aromatic rings. The molecule has 168 valence electrons. The zero-order valence-corrected chi connectivity index (χ0v) is 17.5. The number of aryl methyl sites for hydroxylation is 1. The van der Waals surface area contributed by atoms with Crippen LogP contribution in [0.4, 0.5) is 30.5 Å². The maximum atomic E-state index is 15.3.